The quantitative estimate of drug-likeness (QED) is 0.443. The molecule has 1 saturated heterocycles. The molecule has 3 aromatic rings. The maximum absolute atomic E-state index is 9.39. The van der Waals surface area contributed by atoms with Gasteiger partial charge in [0.25, 0.3) is 0 Å². The van der Waals surface area contributed by atoms with Crippen LogP contribution in [0.1, 0.15) is 41.1 Å². The van der Waals surface area contributed by atoms with Crippen molar-refractivity contribution in [1.29, 1.82) is 0 Å². The molecule has 1 fully saturated rings. The first-order valence-corrected chi connectivity index (χ1v) is 11.8. The third-order valence-electron chi connectivity index (χ3n) is 6.30. The molecule has 34 heavy (non-hydrogen) atoms. The molecule has 0 bridgehead atoms. The third-order valence-corrected chi connectivity index (χ3v) is 6.30. The Morgan fingerprint density at radius 3 is 2.38 bits per heavy atom. The molecule has 0 unspecified atom stereocenters. The second-order valence-corrected chi connectivity index (χ2v) is 8.84. The molecule has 3 aromatic carbocycles. The van der Waals surface area contributed by atoms with E-state index in [9.17, 15) is 5.11 Å². The van der Waals surface area contributed by atoms with Crippen molar-refractivity contribution in [2.75, 3.05) is 20.1 Å². The first-order valence-electron chi connectivity index (χ1n) is 11.8. The fourth-order valence-electron chi connectivity index (χ4n) is 4.48. The molecule has 1 aliphatic heterocycles. The Hall–Kier alpha value is -2.80. The predicted molar refractivity (Wildman–Crippen MR) is 136 cm³/mol. The Morgan fingerprint density at radius 2 is 1.71 bits per heavy atom. The second kappa shape index (κ2) is 11.6. The van der Waals surface area contributed by atoms with Crippen LogP contribution in [0.25, 0.3) is 11.1 Å². The minimum Gasteiger partial charge on any atom is -0.392 e. The lowest BCUT2D eigenvalue weighted by Crippen LogP contribution is -2.37. The van der Waals surface area contributed by atoms with E-state index in [-0.39, 0.29) is 18.8 Å². The Morgan fingerprint density at radius 1 is 1.00 bits per heavy atom. The van der Waals surface area contributed by atoms with Crippen molar-refractivity contribution in [1.82, 2.24) is 4.90 Å². The summed E-state index contributed by atoms with van der Waals surface area (Å²) < 4.78 is 12.9. The minimum atomic E-state index is -0.461. The van der Waals surface area contributed by atoms with Gasteiger partial charge in [-0.05, 0) is 34.9 Å². The van der Waals surface area contributed by atoms with Crippen molar-refractivity contribution < 1.29 is 14.6 Å². The van der Waals surface area contributed by atoms with Gasteiger partial charge in [-0.2, -0.15) is 0 Å². The van der Waals surface area contributed by atoms with Crippen LogP contribution in [0.15, 0.2) is 85.5 Å². The van der Waals surface area contributed by atoms with Gasteiger partial charge >= 0.3 is 0 Å². The SMILES string of the molecule is C=CCN(C)C[C@@H]1C[C@H](c2ccc(CO)cc2)O[C@H](c2ccc(-c3ccccc3CN)cc2)O1. The van der Waals surface area contributed by atoms with Crippen LogP contribution in [0, 0.1) is 0 Å². The molecule has 0 amide bonds. The van der Waals surface area contributed by atoms with E-state index in [1.54, 1.807) is 0 Å². The van der Waals surface area contributed by atoms with Gasteiger partial charge in [-0.1, -0.05) is 78.9 Å². The third kappa shape index (κ3) is 5.81. The highest BCUT2D eigenvalue weighted by Gasteiger charge is 2.32. The summed E-state index contributed by atoms with van der Waals surface area (Å²) in [5, 5.41) is 9.39. The van der Waals surface area contributed by atoms with E-state index >= 15 is 0 Å². The molecule has 0 aromatic heterocycles. The lowest BCUT2D eigenvalue weighted by Gasteiger charge is -2.37. The van der Waals surface area contributed by atoms with Crippen molar-refractivity contribution in [3.63, 3.8) is 0 Å². The number of hydrogen-bond donors (Lipinski definition) is 2. The fraction of sp³-hybridized carbons (Fsp3) is 0.310. The molecule has 0 radical (unpaired) electrons. The molecule has 3 N–H and O–H groups in total. The van der Waals surface area contributed by atoms with Crippen LogP contribution in [0.3, 0.4) is 0 Å². The highest BCUT2D eigenvalue weighted by molar-refractivity contribution is 5.67. The van der Waals surface area contributed by atoms with Crippen LogP contribution in [0.5, 0.6) is 0 Å². The molecular weight excluding hydrogens is 424 g/mol. The average molecular weight is 459 g/mol. The predicted octanol–water partition coefficient (Wildman–Crippen LogP) is 4.97. The van der Waals surface area contributed by atoms with E-state index in [0.717, 1.165) is 52.9 Å². The Kier molecular flexibility index (Phi) is 8.27. The zero-order valence-corrected chi connectivity index (χ0v) is 19.8. The molecule has 0 saturated carbocycles. The molecule has 1 heterocycles. The number of likely N-dealkylation sites (N-methyl/N-ethyl adjacent to an activating group) is 1. The number of aliphatic hydroxyl groups excluding tert-OH is 1. The number of hydrogen-bond acceptors (Lipinski definition) is 5. The number of ether oxygens (including phenoxy) is 2. The second-order valence-electron chi connectivity index (χ2n) is 8.84. The molecule has 0 aliphatic carbocycles. The van der Waals surface area contributed by atoms with Crippen LogP contribution in [0.2, 0.25) is 0 Å². The van der Waals surface area contributed by atoms with Crippen molar-refractivity contribution in [2.45, 2.75) is 38.1 Å². The first-order chi connectivity index (χ1) is 16.6. The van der Waals surface area contributed by atoms with Crippen LogP contribution >= 0.6 is 0 Å². The van der Waals surface area contributed by atoms with Gasteiger partial charge in [0.2, 0.25) is 0 Å². The van der Waals surface area contributed by atoms with E-state index in [2.05, 4.69) is 54.9 Å². The lowest BCUT2D eigenvalue weighted by atomic mass is 9.97. The summed E-state index contributed by atoms with van der Waals surface area (Å²) in [7, 11) is 2.07. The molecule has 0 spiro atoms. The van der Waals surface area contributed by atoms with E-state index < -0.39 is 6.29 Å². The molecule has 5 heteroatoms. The van der Waals surface area contributed by atoms with Crippen molar-refractivity contribution >= 4 is 0 Å². The Labute approximate surface area is 202 Å². The van der Waals surface area contributed by atoms with Gasteiger partial charge < -0.3 is 25.2 Å². The van der Waals surface area contributed by atoms with Gasteiger partial charge in [0, 0.05) is 31.6 Å². The number of nitrogens with two attached hydrogens (primary N) is 1. The largest absolute Gasteiger partial charge is 0.392 e. The Bertz CT molecular complexity index is 1070. The topological polar surface area (TPSA) is 68.0 Å². The summed E-state index contributed by atoms with van der Waals surface area (Å²) in [5.74, 6) is 0. The fourth-order valence-corrected chi connectivity index (χ4v) is 4.48. The highest BCUT2D eigenvalue weighted by Crippen LogP contribution is 2.38. The summed E-state index contributed by atoms with van der Waals surface area (Å²) in [4.78, 5) is 2.21. The average Bonchev–Trinajstić information content (AvgIpc) is 2.88. The number of rotatable bonds is 9. The normalized spacial score (nSPS) is 20.4. The first kappa shape index (κ1) is 24.3. The molecule has 3 atom stereocenters. The molecule has 1 aliphatic rings. The standard InChI is InChI=1S/C29H34N2O3/c1-3-16-31(2)19-26-17-28(23-10-8-21(20-32)9-11-23)34-29(33-26)24-14-12-22(13-15-24)27-7-5-4-6-25(27)18-30/h3-15,26,28-29,32H,1,16-20,30H2,2H3/t26-,28+,29+/m0/s1. The van der Waals surface area contributed by atoms with E-state index in [1.807, 2.05) is 42.5 Å². The van der Waals surface area contributed by atoms with Gasteiger partial charge in [-0.25, -0.2) is 0 Å². The molecule has 4 rings (SSSR count). The van der Waals surface area contributed by atoms with Gasteiger partial charge in [-0.3, -0.25) is 0 Å². The summed E-state index contributed by atoms with van der Waals surface area (Å²) in [5.41, 5.74) is 12.3. The van der Waals surface area contributed by atoms with Crippen molar-refractivity contribution in [2.24, 2.45) is 5.73 Å². The number of benzene rings is 3. The molecular formula is C29H34N2O3. The van der Waals surface area contributed by atoms with Crippen LogP contribution in [0.4, 0.5) is 0 Å². The molecule has 178 valence electrons. The summed E-state index contributed by atoms with van der Waals surface area (Å²) in [6, 6.07) is 24.6. The zero-order chi connectivity index (χ0) is 23.9. The maximum Gasteiger partial charge on any atom is 0.184 e. The van der Waals surface area contributed by atoms with Gasteiger partial charge in [0.05, 0.1) is 18.8 Å². The number of nitrogens with zero attached hydrogens (tertiary/aromatic N) is 1. The van der Waals surface area contributed by atoms with Crippen molar-refractivity contribution in [3.05, 3.63) is 108 Å². The highest BCUT2D eigenvalue weighted by atomic mass is 16.7. The maximum atomic E-state index is 9.39. The van der Waals surface area contributed by atoms with Gasteiger partial charge in [-0.15, -0.1) is 6.58 Å². The van der Waals surface area contributed by atoms with Gasteiger partial charge in [0.15, 0.2) is 6.29 Å². The summed E-state index contributed by atoms with van der Waals surface area (Å²) >= 11 is 0. The van der Waals surface area contributed by atoms with E-state index in [1.165, 1.54) is 0 Å². The van der Waals surface area contributed by atoms with Gasteiger partial charge in [0.1, 0.15) is 0 Å². The Balaban J connectivity index is 1.57. The van der Waals surface area contributed by atoms with Crippen LogP contribution < -0.4 is 5.73 Å². The number of aliphatic hydroxyl groups is 1. The summed E-state index contributed by atoms with van der Waals surface area (Å²) in [6.07, 6.45) is 2.13. The van der Waals surface area contributed by atoms with Crippen LogP contribution in [-0.2, 0) is 22.6 Å². The zero-order valence-electron chi connectivity index (χ0n) is 19.8. The smallest absolute Gasteiger partial charge is 0.184 e. The van der Waals surface area contributed by atoms with E-state index in [4.69, 9.17) is 15.2 Å². The van der Waals surface area contributed by atoms with Crippen molar-refractivity contribution in [3.8, 4) is 11.1 Å². The monoisotopic (exact) mass is 458 g/mol. The van der Waals surface area contributed by atoms with E-state index in [0.29, 0.717) is 6.54 Å². The summed E-state index contributed by atoms with van der Waals surface area (Å²) in [6.45, 7) is 5.98. The minimum absolute atomic E-state index is 0.0175. The van der Waals surface area contributed by atoms with Crippen LogP contribution in [-0.4, -0.2) is 36.2 Å². The molecule has 5 nitrogen and oxygen atoms in total. The lowest BCUT2D eigenvalue weighted by molar-refractivity contribution is -0.252.